The zero-order valence-electron chi connectivity index (χ0n) is 14.7. The quantitative estimate of drug-likeness (QED) is 0.410. The highest BCUT2D eigenvalue weighted by Gasteiger charge is 2.58. The molecule has 140 valence electrons. The largest absolute Gasteiger partial charge is 0.461 e. The van der Waals surface area contributed by atoms with Gasteiger partial charge in [-0.3, -0.25) is 10.1 Å². The predicted molar refractivity (Wildman–Crippen MR) is 108 cm³/mol. The van der Waals surface area contributed by atoms with Gasteiger partial charge in [0.15, 0.2) is 5.75 Å². The number of ether oxygens (including phenoxy) is 1. The van der Waals surface area contributed by atoms with Crippen LogP contribution in [0.2, 0.25) is 15.1 Å². The average molecular weight is 426 g/mol. The second-order valence-electron chi connectivity index (χ2n) is 7.18. The Bertz CT molecular complexity index is 1040. The van der Waals surface area contributed by atoms with E-state index in [-0.39, 0.29) is 15.7 Å². The van der Waals surface area contributed by atoms with E-state index in [0.717, 1.165) is 11.3 Å². The Labute approximate surface area is 171 Å². The normalized spacial score (nSPS) is 21.8. The fourth-order valence-electron chi connectivity index (χ4n) is 3.98. The maximum absolute atomic E-state index is 11.2. The zero-order chi connectivity index (χ0) is 19.7. The van der Waals surface area contributed by atoms with Gasteiger partial charge in [-0.05, 0) is 49.8 Å². The van der Waals surface area contributed by atoms with Gasteiger partial charge >= 0.3 is 0 Å². The van der Waals surface area contributed by atoms with E-state index < -0.39 is 16.1 Å². The maximum Gasteiger partial charge on any atom is 0.290 e. The summed E-state index contributed by atoms with van der Waals surface area (Å²) >= 11 is 18.7. The number of nitro benzene ring substituents is 1. The molecule has 0 amide bonds. The van der Waals surface area contributed by atoms with Gasteiger partial charge in [0.05, 0.1) is 10.3 Å². The first-order chi connectivity index (χ1) is 12.6. The van der Waals surface area contributed by atoms with E-state index in [1.807, 2.05) is 36.2 Å². The van der Waals surface area contributed by atoms with Crippen LogP contribution in [0.4, 0.5) is 11.4 Å². The first-order valence-electron chi connectivity index (χ1n) is 8.18. The average Bonchev–Trinajstić information content (AvgIpc) is 2.77. The van der Waals surface area contributed by atoms with Gasteiger partial charge < -0.3 is 9.64 Å². The standard InChI is InChI=1S/C19H15Cl3N2O3/c1-18(2)12-9-11(20)4-5-13(12)23(3)19(18)7-6-10-8-14(24(25)26)15(21)16(22)17(10)27-19/h4-9H,1-3H3. The molecule has 0 fully saturated rings. The summed E-state index contributed by atoms with van der Waals surface area (Å²) in [6, 6.07) is 7.09. The van der Waals surface area contributed by atoms with Gasteiger partial charge in [-0.1, -0.05) is 34.8 Å². The number of fused-ring (bicyclic) bond motifs is 2. The van der Waals surface area contributed by atoms with Crippen LogP contribution < -0.4 is 9.64 Å². The molecule has 4 rings (SSSR count). The zero-order valence-corrected chi connectivity index (χ0v) is 17.0. The summed E-state index contributed by atoms with van der Waals surface area (Å²) < 4.78 is 6.43. The molecule has 0 bridgehead atoms. The fourth-order valence-corrected chi connectivity index (χ4v) is 4.60. The summed E-state index contributed by atoms with van der Waals surface area (Å²) in [5.41, 5.74) is 0.930. The molecule has 5 nitrogen and oxygen atoms in total. The highest BCUT2D eigenvalue weighted by Crippen LogP contribution is 2.56. The molecule has 0 radical (unpaired) electrons. The molecule has 2 aromatic rings. The lowest BCUT2D eigenvalue weighted by Gasteiger charge is -2.46. The number of likely N-dealkylation sites (N-methyl/N-ethyl adjacent to an activating group) is 1. The summed E-state index contributed by atoms with van der Waals surface area (Å²) in [7, 11) is 1.93. The van der Waals surface area contributed by atoms with E-state index in [9.17, 15) is 10.1 Å². The summed E-state index contributed by atoms with van der Waals surface area (Å²) in [5.74, 6) is 0.327. The molecule has 0 saturated heterocycles. The van der Waals surface area contributed by atoms with Crippen LogP contribution >= 0.6 is 34.8 Å². The van der Waals surface area contributed by atoms with Crippen LogP contribution in [0.15, 0.2) is 30.3 Å². The number of hydrogen-bond acceptors (Lipinski definition) is 4. The summed E-state index contributed by atoms with van der Waals surface area (Å²) in [5, 5.41) is 11.8. The van der Waals surface area contributed by atoms with Crippen LogP contribution in [-0.2, 0) is 5.41 Å². The first-order valence-corrected chi connectivity index (χ1v) is 9.32. The van der Waals surface area contributed by atoms with Gasteiger partial charge in [0.1, 0.15) is 10.0 Å². The number of nitro groups is 1. The molecule has 27 heavy (non-hydrogen) atoms. The number of halogens is 3. The number of nitrogens with zero attached hydrogens (tertiary/aromatic N) is 2. The molecular formula is C19H15Cl3N2O3. The summed E-state index contributed by atoms with van der Waals surface area (Å²) in [6.07, 6.45) is 3.69. The van der Waals surface area contributed by atoms with Crippen molar-refractivity contribution in [3.8, 4) is 5.75 Å². The van der Waals surface area contributed by atoms with E-state index in [0.29, 0.717) is 16.3 Å². The first kappa shape index (κ1) is 18.4. The Kier molecular flexibility index (Phi) is 3.94. The van der Waals surface area contributed by atoms with Gasteiger partial charge in [-0.25, -0.2) is 0 Å². The topological polar surface area (TPSA) is 55.6 Å². The molecule has 2 aromatic carbocycles. The van der Waals surface area contributed by atoms with Gasteiger partial charge in [-0.15, -0.1) is 0 Å². The van der Waals surface area contributed by atoms with E-state index in [1.54, 1.807) is 6.08 Å². The van der Waals surface area contributed by atoms with Gasteiger partial charge in [0.2, 0.25) is 5.72 Å². The lowest BCUT2D eigenvalue weighted by atomic mass is 9.76. The maximum atomic E-state index is 11.2. The minimum atomic E-state index is -0.879. The summed E-state index contributed by atoms with van der Waals surface area (Å²) in [6.45, 7) is 4.11. The lowest BCUT2D eigenvalue weighted by Crippen LogP contribution is -2.58. The molecule has 0 N–H and O–H groups in total. The van der Waals surface area contributed by atoms with Crippen LogP contribution in [0.25, 0.3) is 6.08 Å². The van der Waals surface area contributed by atoms with E-state index in [4.69, 9.17) is 39.5 Å². The monoisotopic (exact) mass is 424 g/mol. The fraction of sp³-hybridized carbons (Fsp3) is 0.263. The molecule has 1 atom stereocenters. The third-order valence-electron chi connectivity index (χ3n) is 5.50. The smallest absolute Gasteiger partial charge is 0.290 e. The lowest BCUT2D eigenvalue weighted by molar-refractivity contribution is -0.384. The van der Waals surface area contributed by atoms with Crippen molar-refractivity contribution in [2.45, 2.75) is 25.0 Å². The molecule has 0 aliphatic carbocycles. The van der Waals surface area contributed by atoms with Crippen LogP contribution in [0.5, 0.6) is 5.75 Å². The van der Waals surface area contributed by atoms with Crippen LogP contribution in [0, 0.1) is 10.1 Å². The second-order valence-corrected chi connectivity index (χ2v) is 8.37. The Morgan fingerprint density at radius 3 is 2.52 bits per heavy atom. The van der Waals surface area contributed by atoms with Crippen molar-refractivity contribution < 1.29 is 9.66 Å². The Morgan fingerprint density at radius 2 is 1.85 bits per heavy atom. The van der Waals surface area contributed by atoms with Crippen molar-refractivity contribution in [2.24, 2.45) is 0 Å². The number of benzene rings is 2. The van der Waals surface area contributed by atoms with Crippen molar-refractivity contribution >= 4 is 52.3 Å². The predicted octanol–water partition coefficient (Wildman–Crippen LogP) is 6.08. The summed E-state index contributed by atoms with van der Waals surface area (Å²) in [4.78, 5) is 12.7. The van der Waals surface area contributed by atoms with Crippen LogP contribution in [0.3, 0.4) is 0 Å². The Morgan fingerprint density at radius 1 is 1.15 bits per heavy atom. The van der Waals surface area contributed by atoms with Crippen molar-refractivity contribution in [3.05, 3.63) is 66.7 Å². The van der Waals surface area contributed by atoms with E-state index >= 15 is 0 Å². The van der Waals surface area contributed by atoms with Crippen molar-refractivity contribution in [3.63, 3.8) is 0 Å². The van der Waals surface area contributed by atoms with Crippen molar-refractivity contribution in [1.82, 2.24) is 0 Å². The van der Waals surface area contributed by atoms with E-state index in [2.05, 4.69) is 13.8 Å². The third-order valence-corrected chi connectivity index (χ3v) is 6.58. The van der Waals surface area contributed by atoms with E-state index in [1.165, 1.54) is 6.07 Å². The molecule has 8 heteroatoms. The minimum absolute atomic E-state index is 0.0304. The number of anilines is 1. The number of hydrogen-bond donors (Lipinski definition) is 0. The number of rotatable bonds is 1. The minimum Gasteiger partial charge on any atom is -0.461 e. The van der Waals surface area contributed by atoms with Gasteiger partial charge in [-0.2, -0.15) is 0 Å². The molecule has 2 aliphatic rings. The molecule has 2 aliphatic heterocycles. The second kappa shape index (κ2) is 5.77. The Balaban J connectivity index is 1.91. The molecule has 0 aromatic heterocycles. The third kappa shape index (κ3) is 2.32. The van der Waals surface area contributed by atoms with Crippen molar-refractivity contribution in [2.75, 3.05) is 11.9 Å². The molecule has 1 spiro atoms. The molecule has 0 saturated carbocycles. The van der Waals surface area contributed by atoms with Gasteiger partial charge in [0.25, 0.3) is 5.69 Å². The Hall–Kier alpha value is -1.95. The van der Waals surface area contributed by atoms with Crippen LogP contribution in [0.1, 0.15) is 25.0 Å². The SMILES string of the molecule is CN1c2ccc(Cl)cc2C(C)(C)C12C=Cc1cc([N+](=O)[O-])c(Cl)c(Cl)c1O2. The highest BCUT2D eigenvalue weighted by atomic mass is 35.5. The molecular weight excluding hydrogens is 411 g/mol. The molecule has 2 heterocycles. The van der Waals surface area contributed by atoms with Crippen LogP contribution in [-0.4, -0.2) is 17.7 Å². The highest BCUT2D eigenvalue weighted by molar-refractivity contribution is 6.44. The van der Waals surface area contributed by atoms with Crippen molar-refractivity contribution in [1.29, 1.82) is 0 Å². The molecule has 1 unspecified atom stereocenters. The van der Waals surface area contributed by atoms with Gasteiger partial charge in [0, 0.05) is 29.4 Å².